The van der Waals surface area contributed by atoms with Crippen LogP contribution in [0.25, 0.3) is 0 Å². The molecular formula is C22H19NO. The Hall–Kier alpha value is -2.71. The average Bonchev–Trinajstić information content (AvgIpc) is 3.37. The van der Waals surface area contributed by atoms with Crippen LogP contribution in [0.3, 0.4) is 0 Å². The minimum atomic E-state index is -0.0741. The third kappa shape index (κ3) is 2.89. The van der Waals surface area contributed by atoms with Gasteiger partial charge in [0.25, 0.3) is 0 Å². The molecule has 1 saturated heterocycles. The second-order valence-corrected chi connectivity index (χ2v) is 6.19. The zero-order chi connectivity index (χ0) is 16.4. The van der Waals surface area contributed by atoms with E-state index in [-0.39, 0.29) is 17.9 Å². The van der Waals surface area contributed by atoms with Gasteiger partial charge in [-0.1, -0.05) is 91.0 Å². The number of hydrogen-bond donors (Lipinski definition) is 0. The number of rotatable bonds is 5. The largest absolute Gasteiger partial charge is 0.292 e. The van der Waals surface area contributed by atoms with Crippen LogP contribution in [0.1, 0.15) is 27.5 Å². The van der Waals surface area contributed by atoms with Gasteiger partial charge in [0, 0.05) is 12.1 Å². The van der Waals surface area contributed by atoms with Crippen molar-refractivity contribution in [1.29, 1.82) is 0 Å². The van der Waals surface area contributed by atoms with Crippen molar-refractivity contribution in [2.45, 2.75) is 18.6 Å². The highest BCUT2D eigenvalue weighted by molar-refractivity contribution is 6.02. The normalized spacial score (nSPS) is 22.1. The van der Waals surface area contributed by atoms with E-state index >= 15 is 0 Å². The Morgan fingerprint density at radius 1 is 0.750 bits per heavy atom. The van der Waals surface area contributed by atoms with Gasteiger partial charge < -0.3 is 0 Å². The third-order valence-corrected chi connectivity index (χ3v) is 4.60. The molecule has 118 valence electrons. The summed E-state index contributed by atoms with van der Waals surface area (Å²) in [5.74, 6) is 0.209. The molecule has 1 aliphatic heterocycles. The predicted octanol–water partition coefficient (Wildman–Crippen LogP) is 4.50. The first kappa shape index (κ1) is 14.9. The number of carbonyl (C=O) groups excluding carboxylic acids is 1. The van der Waals surface area contributed by atoms with Gasteiger partial charge in [0.05, 0.1) is 12.1 Å². The van der Waals surface area contributed by atoms with Gasteiger partial charge in [0.15, 0.2) is 5.78 Å². The van der Waals surface area contributed by atoms with Crippen LogP contribution in [0.5, 0.6) is 0 Å². The lowest BCUT2D eigenvalue weighted by molar-refractivity contribution is 0.0973. The van der Waals surface area contributed by atoms with Crippen molar-refractivity contribution in [3.63, 3.8) is 0 Å². The molecule has 0 aromatic heterocycles. The minimum Gasteiger partial charge on any atom is -0.292 e. The van der Waals surface area contributed by atoms with Gasteiger partial charge in [-0.05, 0) is 11.1 Å². The lowest BCUT2D eigenvalue weighted by atomic mass is 10.0. The van der Waals surface area contributed by atoms with Crippen LogP contribution in [0, 0.1) is 0 Å². The van der Waals surface area contributed by atoms with Gasteiger partial charge >= 0.3 is 0 Å². The zero-order valence-corrected chi connectivity index (χ0v) is 13.4. The Bertz CT molecular complexity index is 814. The maximum atomic E-state index is 12.9. The van der Waals surface area contributed by atoms with E-state index in [0.29, 0.717) is 0 Å². The summed E-state index contributed by atoms with van der Waals surface area (Å²) < 4.78 is 0. The fraction of sp³-hybridized carbons (Fsp3) is 0.136. The molecule has 4 rings (SSSR count). The molecule has 0 N–H and O–H groups in total. The van der Waals surface area contributed by atoms with E-state index in [1.165, 1.54) is 11.1 Å². The highest BCUT2D eigenvalue weighted by atomic mass is 16.1. The molecule has 0 amide bonds. The summed E-state index contributed by atoms with van der Waals surface area (Å²) >= 11 is 0. The van der Waals surface area contributed by atoms with E-state index in [9.17, 15) is 4.79 Å². The molecule has 3 aromatic carbocycles. The number of benzene rings is 3. The Labute approximate surface area is 142 Å². The lowest BCUT2D eigenvalue weighted by Gasteiger charge is -2.04. The molecule has 0 bridgehead atoms. The van der Waals surface area contributed by atoms with Crippen molar-refractivity contribution in [1.82, 2.24) is 4.90 Å². The smallest absolute Gasteiger partial charge is 0.181 e. The molecule has 2 nitrogen and oxygen atoms in total. The molecule has 0 aliphatic carbocycles. The maximum Gasteiger partial charge on any atom is 0.181 e. The van der Waals surface area contributed by atoms with Crippen molar-refractivity contribution in [3.8, 4) is 0 Å². The number of nitrogens with zero attached hydrogens (tertiary/aromatic N) is 1. The first-order valence-corrected chi connectivity index (χ1v) is 8.28. The Balaban J connectivity index is 1.61. The fourth-order valence-electron chi connectivity index (χ4n) is 3.36. The topological polar surface area (TPSA) is 20.1 Å². The van der Waals surface area contributed by atoms with E-state index in [1.807, 2.05) is 66.7 Å². The summed E-state index contributed by atoms with van der Waals surface area (Å²) in [6.45, 7) is 0.795. The second-order valence-electron chi connectivity index (χ2n) is 6.19. The molecule has 3 atom stereocenters. The molecule has 24 heavy (non-hydrogen) atoms. The van der Waals surface area contributed by atoms with E-state index < -0.39 is 0 Å². The van der Waals surface area contributed by atoms with Gasteiger partial charge in [-0.25, -0.2) is 0 Å². The molecule has 1 fully saturated rings. The third-order valence-electron chi connectivity index (χ3n) is 4.60. The second kappa shape index (κ2) is 6.42. The van der Waals surface area contributed by atoms with Crippen molar-refractivity contribution >= 4 is 5.78 Å². The minimum absolute atomic E-state index is 0.0741. The molecule has 1 unspecified atom stereocenters. The van der Waals surface area contributed by atoms with Crippen LogP contribution in [-0.2, 0) is 6.54 Å². The molecule has 0 radical (unpaired) electrons. The van der Waals surface area contributed by atoms with Gasteiger partial charge in [-0.15, -0.1) is 0 Å². The molecular weight excluding hydrogens is 294 g/mol. The van der Waals surface area contributed by atoms with Crippen molar-refractivity contribution in [2.24, 2.45) is 0 Å². The maximum absolute atomic E-state index is 12.9. The molecule has 1 heterocycles. The summed E-state index contributed by atoms with van der Waals surface area (Å²) in [6, 6.07) is 30.4. The van der Waals surface area contributed by atoms with Crippen molar-refractivity contribution in [2.75, 3.05) is 0 Å². The molecule has 1 aliphatic rings. The van der Waals surface area contributed by atoms with Gasteiger partial charge in [0.1, 0.15) is 0 Å². The van der Waals surface area contributed by atoms with E-state index in [0.717, 1.165) is 12.1 Å². The van der Waals surface area contributed by atoms with E-state index in [1.54, 1.807) is 0 Å². The van der Waals surface area contributed by atoms with Crippen LogP contribution in [0.15, 0.2) is 91.0 Å². The van der Waals surface area contributed by atoms with Crippen LogP contribution in [-0.4, -0.2) is 16.7 Å². The summed E-state index contributed by atoms with van der Waals surface area (Å²) in [5, 5.41) is 0. The number of ketones is 1. The fourth-order valence-corrected chi connectivity index (χ4v) is 3.36. The van der Waals surface area contributed by atoms with Crippen molar-refractivity contribution < 1.29 is 4.79 Å². The Kier molecular flexibility index (Phi) is 3.97. The quantitative estimate of drug-likeness (QED) is 0.511. The van der Waals surface area contributed by atoms with Crippen LogP contribution >= 0.6 is 0 Å². The van der Waals surface area contributed by atoms with E-state index in [4.69, 9.17) is 0 Å². The predicted molar refractivity (Wildman–Crippen MR) is 95.7 cm³/mol. The zero-order valence-electron chi connectivity index (χ0n) is 13.4. The summed E-state index contributed by atoms with van der Waals surface area (Å²) in [4.78, 5) is 15.2. The summed E-state index contributed by atoms with van der Waals surface area (Å²) in [7, 11) is 0. The monoisotopic (exact) mass is 313 g/mol. The van der Waals surface area contributed by atoms with Gasteiger partial charge in [-0.2, -0.15) is 0 Å². The number of carbonyl (C=O) groups is 1. The summed E-state index contributed by atoms with van der Waals surface area (Å²) in [5.41, 5.74) is 3.24. The first-order valence-electron chi connectivity index (χ1n) is 8.28. The van der Waals surface area contributed by atoms with Crippen LogP contribution in [0.4, 0.5) is 0 Å². The molecule has 3 aromatic rings. The first-order chi connectivity index (χ1) is 11.8. The molecule has 0 spiro atoms. The standard InChI is InChI=1S/C22H19NO/c24-22(19-14-8-3-9-15-19)21-20(18-12-6-2-7-13-18)23(21)16-17-10-4-1-5-11-17/h1-15,20-21H,16H2/t20-,21-,23?/m1/s1. The Morgan fingerprint density at radius 2 is 1.29 bits per heavy atom. The SMILES string of the molecule is O=C(c1ccccc1)[C@H]1[C@@H](c2ccccc2)N1Cc1ccccc1. The highest BCUT2D eigenvalue weighted by Gasteiger charge is 2.52. The van der Waals surface area contributed by atoms with Crippen molar-refractivity contribution in [3.05, 3.63) is 108 Å². The van der Waals surface area contributed by atoms with E-state index in [2.05, 4.69) is 29.2 Å². The Morgan fingerprint density at radius 3 is 1.92 bits per heavy atom. The van der Waals surface area contributed by atoms with Crippen LogP contribution < -0.4 is 0 Å². The summed E-state index contributed by atoms with van der Waals surface area (Å²) in [6.07, 6.45) is 0. The van der Waals surface area contributed by atoms with Gasteiger partial charge in [-0.3, -0.25) is 9.69 Å². The number of Topliss-reactive ketones (excluding diaryl/α,β-unsaturated/α-hetero) is 1. The molecule has 2 heteroatoms. The highest BCUT2D eigenvalue weighted by Crippen LogP contribution is 2.45. The van der Waals surface area contributed by atoms with Crippen LogP contribution in [0.2, 0.25) is 0 Å². The number of hydrogen-bond acceptors (Lipinski definition) is 2. The molecule has 0 saturated carbocycles. The average molecular weight is 313 g/mol. The van der Waals surface area contributed by atoms with Gasteiger partial charge in [0.2, 0.25) is 0 Å². The lowest BCUT2D eigenvalue weighted by Crippen LogP contribution is -2.13.